The molecule has 4 aromatic rings. The smallest absolute Gasteiger partial charge is 0.207 e. The highest BCUT2D eigenvalue weighted by Gasteiger charge is 2.28. The molecule has 178 valence electrons. The fourth-order valence-corrected chi connectivity index (χ4v) is 6.25. The van der Waals surface area contributed by atoms with E-state index in [0.29, 0.717) is 9.92 Å². The quantitative estimate of drug-likeness (QED) is 0.266. The third-order valence-electron chi connectivity index (χ3n) is 5.89. The van der Waals surface area contributed by atoms with Crippen LogP contribution in [0.2, 0.25) is 5.02 Å². The van der Waals surface area contributed by atoms with Crippen LogP contribution in [0.4, 0.5) is 0 Å². The first-order valence-electron chi connectivity index (χ1n) is 11.4. The van der Waals surface area contributed by atoms with Crippen molar-refractivity contribution in [2.45, 2.75) is 31.7 Å². The van der Waals surface area contributed by atoms with Crippen LogP contribution >= 0.6 is 11.6 Å². The monoisotopic (exact) mass is 501 g/mol. The molecule has 0 spiro atoms. The van der Waals surface area contributed by atoms with E-state index in [9.17, 15) is 8.42 Å². The van der Waals surface area contributed by atoms with E-state index in [4.69, 9.17) is 11.6 Å². The van der Waals surface area contributed by atoms with Gasteiger partial charge in [-0.15, -0.1) is 0 Å². The number of nitrogens with one attached hydrogen (secondary N) is 1. The number of rotatable bonds is 7. The van der Waals surface area contributed by atoms with Crippen LogP contribution in [-0.2, 0) is 10.0 Å². The summed E-state index contributed by atoms with van der Waals surface area (Å²) in [6.45, 7) is 5.64. The van der Waals surface area contributed by atoms with Gasteiger partial charge in [0.2, 0.25) is 10.0 Å². The van der Waals surface area contributed by atoms with Crippen LogP contribution in [0.1, 0.15) is 39.4 Å². The van der Waals surface area contributed by atoms with E-state index in [0.717, 1.165) is 39.0 Å². The van der Waals surface area contributed by atoms with Crippen LogP contribution in [0.5, 0.6) is 0 Å². The molecule has 0 aromatic heterocycles. The number of halogens is 1. The molecular formula is C30H28ClNO2S. The lowest BCUT2D eigenvalue weighted by atomic mass is 9.92. The Morgan fingerprint density at radius 3 is 1.91 bits per heavy atom. The third-order valence-corrected chi connectivity index (χ3v) is 7.87. The molecule has 1 unspecified atom stereocenters. The summed E-state index contributed by atoms with van der Waals surface area (Å²) in [5, 5.41) is 0.592. The van der Waals surface area contributed by atoms with Crippen LogP contribution in [0, 0.1) is 20.8 Å². The second kappa shape index (κ2) is 10.6. The maximum absolute atomic E-state index is 13.9. The molecule has 5 heteroatoms. The summed E-state index contributed by atoms with van der Waals surface area (Å²) in [6, 6.07) is 30.2. The van der Waals surface area contributed by atoms with Crippen molar-refractivity contribution >= 4 is 33.3 Å². The Labute approximate surface area is 213 Å². The number of aryl methyl sites for hydroxylation is 3. The van der Waals surface area contributed by atoms with E-state index in [2.05, 4.69) is 4.72 Å². The molecule has 0 amide bonds. The summed E-state index contributed by atoms with van der Waals surface area (Å²) >= 11 is 6.17. The third kappa shape index (κ3) is 5.91. The van der Waals surface area contributed by atoms with Gasteiger partial charge in [0.25, 0.3) is 0 Å². The zero-order valence-corrected chi connectivity index (χ0v) is 21.6. The van der Waals surface area contributed by atoms with Gasteiger partial charge in [-0.1, -0.05) is 102 Å². The highest BCUT2D eigenvalue weighted by Crippen LogP contribution is 2.35. The predicted molar refractivity (Wildman–Crippen MR) is 146 cm³/mol. The maximum atomic E-state index is 13.9. The van der Waals surface area contributed by atoms with Crippen LogP contribution in [-0.4, -0.2) is 8.42 Å². The van der Waals surface area contributed by atoms with Crippen LogP contribution in [0.15, 0.2) is 102 Å². The molecule has 0 bridgehead atoms. The minimum Gasteiger partial charge on any atom is -0.207 e. The van der Waals surface area contributed by atoms with Crippen molar-refractivity contribution in [3.63, 3.8) is 0 Å². The fraction of sp³-hybridized carbons (Fsp3) is 0.133. The van der Waals surface area contributed by atoms with Crippen molar-refractivity contribution < 1.29 is 8.42 Å². The summed E-state index contributed by atoms with van der Waals surface area (Å²) in [5.41, 5.74) is 6.01. The molecule has 1 N–H and O–H groups in total. The molecule has 0 fully saturated rings. The first-order valence-corrected chi connectivity index (χ1v) is 13.3. The van der Waals surface area contributed by atoms with Gasteiger partial charge in [-0.25, -0.2) is 8.42 Å². The molecule has 1 atom stereocenters. The average Bonchev–Trinajstić information content (AvgIpc) is 2.82. The van der Waals surface area contributed by atoms with Crippen molar-refractivity contribution in [1.82, 2.24) is 4.72 Å². The van der Waals surface area contributed by atoms with Crippen molar-refractivity contribution in [3.05, 3.63) is 135 Å². The Morgan fingerprint density at radius 2 is 1.34 bits per heavy atom. The van der Waals surface area contributed by atoms with E-state index in [1.165, 1.54) is 0 Å². The van der Waals surface area contributed by atoms with E-state index in [-0.39, 0.29) is 0 Å². The van der Waals surface area contributed by atoms with Crippen LogP contribution in [0.3, 0.4) is 0 Å². The number of sulfonamides is 1. The van der Waals surface area contributed by atoms with Crippen molar-refractivity contribution in [2.24, 2.45) is 0 Å². The van der Waals surface area contributed by atoms with Gasteiger partial charge >= 0.3 is 0 Å². The summed E-state index contributed by atoms with van der Waals surface area (Å²) in [5.74, 6) is 0. The molecule has 0 saturated carbocycles. The van der Waals surface area contributed by atoms with Crippen molar-refractivity contribution in [1.29, 1.82) is 0 Å². The average molecular weight is 502 g/mol. The first kappa shape index (κ1) is 24.9. The highest BCUT2D eigenvalue weighted by atomic mass is 35.5. The Bertz CT molecular complexity index is 1420. The summed E-state index contributed by atoms with van der Waals surface area (Å²) in [4.78, 5) is 0.314. The number of hydrogen-bond donors (Lipinski definition) is 1. The SMILES string of the molecule is Cc1cc(C)c(S(=O)(=O)NC(/C(=C/c2ccccc2)c2ccccc2)c2ccc(Cl)cc2)c(C)c1. The van der Waals surface area contributed by atoms with Gasteiger partial charge in [0.1, 0.15) is 0 Å². The second-order valence-electron chi connectivity index (χ2n) is 8.71. The summed E-state index contributed by atoms with van der Waals surface area (Å²) < 4.78 is 30.7. The topological polar surface area (TPSA) is 46.2 Å². The lowest BCUT2D eigenvalue weighted by Gasteiger charge is -2.24. The number of benzene rings is 4. The molecule has 3 nitrogen and oxygen atoms in total. The molecule has 0 aliphatic rings. The summed E-state index contributed by atoms with van der Waals surface area (Å²) in [7, 11) is -3.86. The highest BCUT2D eigenvalue weighted by molar-refractivity contribution is 7.89. The Hall–Kier alpha value is -3.18. The molecule has 4 aromatic carbocycles. The predicted octanol–water partition coefficient (Wildman–Crippen LogP) is 7.53. The van der Waals surface area contributed by atoms with Gasteiger partial charge in [-0.2, -0.15) is 4.72 Å². The van der Waals surface area contributed by atoms with Gasteiger partial charge in [-0.05, 0) is 72.4 Å². The Kier molecular flexibility index (Phi) is 7.56. The Morgan fingerprint density at radius 1 is 0.800 bits per heavy atom. The second-order valence-corrected chi connectivity index (χ2v) is 10.8. The largest absolute Gasteiger partial charge is 0.241 e. The molecule has 0 aliphatic carbocycles. The molecule has 0 radical (unpaired) electrons. The van der Waals surface area contributed by atoms with Gasteiger partial charge in [0, 0.05) is 5.02 Å². The molecule has 0 saturated heterocycles. The van der Waals surface area contributed by atoms with Gasteiger partial charge in [0.15, 0.2) is 0 Å². The van der Waals surface area contributed by atoms with Crippen molar-refractivity contribution in [2.75, 3.05) is 0 Å². The lowest BCUT2D eigenvalue weighted by molar-refractivity contribution is 0.574. The zero-order chi connectivity index (χ0) is 25.0. The van der Waals surface area contributed by atoms with E-state index >= 15 is 0 Å². The molecular weight excluding hydrogens is 474 g/mol. The number of hydrogen-bond acceptors (Lipinski definition) is 2. The van der Waals surface area contributed by atoms with Crippen LogP contribution < -0.4 is 4.72 Å². The standard InChI is InChI=1S/C30H28ClNO2S/c1-21-18-22(2)30(23(3)19-21)35(33,34)32-29(26-14-16-27(31)17-15-26)28(25-12-8-5-9-13-25)20-24-10-6-4-7-11-24/h4-20,29,32H,1-3H3/b28-20+. The molecule has 0 aliphatic heterocycles. The van der Waals surface area contributed by atoms with Gasteiger partial charge in [-0.3, -0.25) is 0 Å². The molecule has 35 heavy (non-hydrogen) atoms. The molecule has 4 rings (SSSR count). The first-order chi connectivity index (χ1) is 16.7. The van der Waals surface area contributed by atoms with E-state index in [1.807, 2.05) is 112 Å². The maximum Gasteiger partial charge on any atom is 0.241 e. The van der Waals surface area contributed by atoms with Crippen LogP contribution in [0.25, 0.3) is 11.6 Å². The molecule has 0 heterocycles. The zero-order valence-electron chi connectivity index (χ0n) is 20.0. The lowest BCUT2D eigenvalue weighted by Crippen LogP contribution is -2.30. The van der Waals surface area contributed by atoms with E-state index < -0.39 is 16.1 Å². The minimum absolute atomic E-state index is 0.314. The Balaban J connectivity index is 1.91. The van der Waals surface area contributed by atoms with Gasteiger partial charge < -0.3 is 0 Å². The van der Waals surface area contributed by atoms with Gasteiger partial charge in [0.05, 0.1) is 10.9 Å². The fourth-order valence-electron chi connectivity index (χ4n) is 4.46. The minimum atomic E-state index is -3.86. The summed E-state index contributed by atoms with van der Waals surface area (Å²) in [6.07, 6.45) is 2.03. The van der Waals surface area contributed by atoms with E-state index in [1.54, 1.807) is 12.1 Å². The normalized spacial score (nSPS) is 13.0. The van der Waals surface area contributed by atoms with Crippen molar-refractivity contribution in [3.8, 4) is 0 Å².